The molecule has 0 radical (unpaired) electrons. The van der Waals surface area contributed by atoms with Crippen LogP contribution in [0.15, 0.2) is 33.8 Å². The minimum atomic E-state index is -2.88. The summed E-state index contributed by atoms with van der Waals surface area (Å²) >= 11 is 0. The van der Waals surface area contributed by atoms with E-state index in [1.165, 1.54) is 6.07 Å². The van der Waals surface area contributed by atoms with Gasteiger partial charge >= 0.3 is 6.61 Å². The van der Waals surface area contributed by atoms with Crippen molar-refractivity contribution >= 4 is 29.9 Å². The molecule has 2 aromatic rings. The Bertz CT molecular complexity index is 762. The highest BCUT2D eigenvalue weighted by Gasteiger charge is 2.21. The zero-order chi connectivity index (χ0) is 19.9. The number of ether oxygens (including phenoxy) is 1. The normalized spacial score (nSPS) is 11.9. The smallest absolute Gasteiger partial charge is 0.387 e. The Kier molecular flexibility index (Phi) is 9.56. The number of nitrogens with one attached hydrogen (secondary N) is 2. The number of rotatable bonds is 7. The standard InChI is InChI=1S/C18H25F2N5O2.HI/c1-5-21-17(23-11-14-24-15(27-25-14)18(2,3)4)22-10-12-8-6-7-9-13(12)26-16(19)20;/h6-9,16H,5,10-11H2,1-4H3,(H2,21,22,23);1H. The Morgan fingerprint density at radius 1 is 1.25 bits per heavy atom. The first-order valence-electron chi connectivity index (χ1n) is 8.67. The second-order valence-corrected chi connectivity index (χ2v) is 6.80. The predicted octanol–water partition coefficient (Wildman–Crippen LogP) is 3.84. The molecule has 2 N–H and O–H groups in total. The average molecular weight is 509 g/mol. The fourth-order valence-corrected chi connectivity index (χ4v) is 2.14. The Labute approximate surface area is 180 Å². The van der Waals surface area contributed by atoms with Crippen LogP contribution in [0.5, 0.6) is 5.75 Å². The summed E-state index contributed by atoms with van der Waals surface area (Å²) in [6, 6.07) is 6.57. The van der Waals surface area contributed by atoms with Crippen LogP contribution in [0.4, 0.5) is 8.78 Å². The van der Waals surface area contributed by atoms with Crippen LogP contribution in [0, 0.1) is 0 Å². The summed E-state index contributed by atoms with van der Waals surface area (Å²) in [5.41, 5.74) is 0.336. The molecule has 7 nitrogen and oxygen atoms in total. The van der Waals surface area contributed by atoms with Crippen LogP contribution in [-0.4, -0.2) is 29.3 Å². The lowest BCUT2D eigenvalue weighted by molar-refractivity contribution is -0.0504. The molecule has 1 heterocycles. The highest BCUT2D eigenvalue weighted by Crippen LogP contribution is 2.21. The van der Waals surface area contributed by atoms with Crippen LogP contribution in [0.25, 0.3) is 0 Å². The molecular weight excluding hydrogens is 483 g/mol. The highest BCUT2D eigenvalue weighted by atomic mass is 127. The van der Waals surface area contributed by atoms with Crippen LogP contribution >= 0.6 is 24.0 Å². The van der Waals surface area contributed by atoms with Gasteiger partial charge in [0.15, 0.2) is 11.8 Å². The van der Waals surface area contributed by atoms with Crippen molar-refractivity contribution in [3.8, 4) is 5.75 Å². The van der Waals surface area contributed by atoms with E-state index in [1.807, 2.05) is 27.7 Å². The monoisotopic (exact) mass is 509 g/mol. The number of para-hydroxylation sites is 1. The highest BCUT2D eigenvalue weighted by molar-refractivity contribution is 14.0. The molecule has 0 aliphatic heterocycles. The van der Waals surface area contributed by atoms with Crippen molar-refractivity contribution < 1.29 is 18.0 Å². The van der Waals surface area contributed by atoms with E-state index in [0.717, 1.165) is 0 Å². The third-order valence-electron chi connectivity index (χ3n) is 3.46. The molecule has 0 spiro atoms. The molecule has 0 saturated heterocycles. The average Bonchev–Trinajstić information content (AvgIpc) is 3.07. The van der Waals surface area contributed by atoms with Crippen molar-refractivity contribution in [1.82, 2.24) is 20.8 Å². The van der Waals surface area contributed by atoms with Crippen molar-refractivity contribution in [2.24, 2.45) is 4.99 Å². The number of aliphatic imine (C=N–C) groups is 1. The van der Waals surface area contributed by atoms with E-state index < -0.39 is 6.61 Å². The third kappa shape index (κ3) is 7.56. The first-order valence-corrected chi connectivity index (χ1v) is 8.67. The molecule has 28 heavy (non-hydrogen) atoms. The van der Waals surface area contributed by atoms with E-state index in [-0.39, 0.29) is 41.7 Å². The number of aromatic nitrogens is 2. The second-order valence-electron chi connectivity index (χ2n) is 6.80. The molecule has 0 bridgehead atoms. The lowest BCUT2D eigenvalue weighted by Gasteiger charge is -2.12. The summed E-state index contributed by atoms with van der Waals surface area (Å²) in [5, 5.41) is 10.1. The van der Waals surface area contributed by atoms with Gasteiger partial charge in [-0.2, -0.15) is 13.8 Å². The fourth-order valence-electron chi connectivity index (χ4n) is 2.14. The first-order chi connectivity index (χ1) is 12.8. The Balaban J connectivity index is 0.00000392. The van der Waals surface area contributed by atoms with Gasteiger partial charge in [0.25, 0.3) is 0 Å². The van der Waals surface area contributed by atoms with E-state index in [0.29, 0.717) is 36.3 Å². The Morgan fingerprint density at radius 2 is 1.96 bits per heavy atom. The molecular formula is C18H26F2IN5O2. The first kappa shape index (κ1) is 24.1. The lowest BCUT2D eigenvalue weighted by atomic mass is 9.97. The van der Waals surface area contributed by atoms with Gasteiger partial charge in [0.05, 0.1) is 13.1 Å². The molecule has 2 rings (SSSR count). The van der Waals surface area contributed by atoms with Gasteiger partial charge in [0, 0.05) is 17.5 Å². The molecule has 10 heteroatoms. The van der Waals surface area contributed by atoms with Crippen molar-refractivity contribution in [2.75, 3.05) is 6.54 Å². The van der Waals surface area contributed by atoms with E-state index in [1.54, 1.807) is 18.2 Å². The number of nitrogens with zero attached hydrogens (tertiary/aromatic N) is 3. The molecule has 0 atom stereocenters. The summed E-state index contributed by atoms with van der Waals surface area (Å²) in [4.78, 5) is 8.76. The summed E-state index contributed by atoms with van der Waals surface area (Å²) in [5.74, 6) is 1.68. The Morgan fingerprint density at radius 3 is 2.57 bits per heavy atom. The summed E-state index contributed by atoms with van der Waals surface area (Å²) in [6.45, 7) is 6.15. The van der Waals surface area contributed by atoms with E-state index >= 15 is 0 Å². The van der Waals surface area contributed by atoms with Crippen molar-refractivity contribution in [3.63, 3.8) is 0 Å². The molecule has 0 aliphatic carbocycles. The molecule has 0 fully saturated rings. The molecule has 0 unspecified atom stereocenters. The van der Waals surface area contributed by atoms with Crippen LogP contribution in [-0.2, 0) is 18.5 Å². The molecule has 1 aromatic carbocycles. The minimum Gasteiger partial charge on any atom is -0.434 e. The summed E-state index contributed by atoms with van der Waals surface area (Å²) in [7, 11) is 0. The molecule has 0 aliphatic rings. The van der Waals surface area contributed by atoms with Gasteiger partial charge < -0.3 is 19.9 Å². The van der Waals surface area contributed by atoms with Gasteiger partial charge in [-0.15, -0.1) is 24.0 Å². The number of guanidine groups is 1. The van der Waals surface area contributed by atoms with Gasteiger partial charge in [0.1, 0.15) is 5.75 Å². The van der Waals surface area contributed by atoms with E-state index in [2.05, 4.69) is 30.5 Å². The van der Waals surface area contributed by atoms with Crippen LogP contribution < -0.4 is 15.4 Å². The zero-order valence-electron chi connectivity index (χ0n) is 16.3. The van der Waals surface area contributed by atoms with Crippen LogP contribution in [0.2, 0.25) is 0 Å². The second kappa shape index (κ2) is 11.1. The van der Waals surface area contributed by atoms with Gasteiger partial charge in [0.2, 0.25) is 5.89 Å². The summed E-state index contributed by atoms with van der Waals surface area (Å²) in [6.07, 6.45) is 0. The molecule has 0 saturated carbocycles. The lowest BCUT2D eigenvalue weighted by Crippen LogP contribution is -2.37. The number of alkyl halides is 2. The molecule has 1 aromatic heterocycles. The van der Waals surface area contributed by atoms with E-state index in [4.69, 9.17) is 4.52 Å². The molecule has 0 amide bonds. The maximum atomic E-state index is 12.5. The van der Waals surface area contributed by atoms with Crippen LogP contribution in [0.1, 0.15) is 45.0 Å². The van der Waals surface area contributed by atoms with Gasteiger partial charge in [-0.05, 0) is 13.0 Å². The van der Waals surface area contributed by atoms with Gasteiger partial charge in [-0.3, -0.25) is 0 Å². The SMILES string of the molecule is CCNC(=NCc1ccccc1OC(F)F)NCc1noc(C(C)(C)C)n1.I. The van der Waals surface area contributed by atoms with Crippen molar-refractivity contribution in [1.29, 1.82) is 0 Å². The van der Waals surface area contributed by atoms with Crippen molar-refractivity contribution in [2.45, 2.75) is 52.8 Å². The molecule has 156 valence electrons. The van der Waals surface area contributed by atoms with E-state index in [9.17, 15) is 8.78 Å². The number of hydrogen-bond acceptors (Lipinski definition) is 5. The van der Waals surface area contributed by atoms with Crippen molar-refractivity contribution in [3.05, 3.63) is 41.5 Å². The summed E-state index contributed by atoms with van der Waals surface area (Å²) < 4.78 is 34.8. The third-order valence-corrected chi connectivity index (χ3v) is 3.46. The predicted molar refractivity (Wildman–Crippen MR) is 113 cm³/mol. The quantitative estimate of drug-likeness (QED) is 0.335. The fraction of sp³-hybridized carbons (Fsp3) is 0.500. The number of hydrogen-bond donors (Lipinski definition) is 2. The maximum Gasteiger partial charge on any atom is 0.387 e. The van der Waals surface area contributed by atoms with Crippen LogP contribution in [0.3, 0.4) is 0 Å². The van der Waals surface area contributed by atoms with Gasteiger partial charge in [-0.1, -0.05) is 44.1 Å². The maximum absolute atomic E-state index is 12.5. The number of halogens is 3. The Hall–Kier alpha value is -1.98. The topological polar surface area (TPSA) is 84.6 Å². The number of benzene rings is 1. The minimum absolute atomic E-state index is 0. The largest absolute Gasteiger partial charge is 0.434 e. The van der Waals surface area contributed by atoms with Gasteiger partial charge in [-0.25, -0.2) is 4.99 Å². The zero-order valence-corrected chi connectivity index (χ0v) is 18.7.